The summed E-state index contributed by atoms with van der Waals surface area (Å²) in [6.45, 7) is 0.516. The molecule has 1 saturated heterocycles. The molecule has 1 aromatic carbocycles. The number of hydrogen-bond donors (Lipinski definition) is 3. The molecule has 0 radical (unpaired) electrons. The molecule has 0 spiro atoms. The first kappa shape index (κ1) is 20.6. The second-order valence-corrected chi connectivity index (χ2v) is 8.48. The van der Waals surface area contributed by atoms with Crippen molar-refractivity contribution in [3.05, 3.63) is 42.1 Å². The number of hydrogen-bond acceptors (Lipinski definition) is 5. The number of aliphatic hydroxyl groups excluding tert-OH is 1. The topological polar surface area (TPSA) is 113 Å². The Morgan fingerprint density at radius 3 is 2.57 bits per heavy atom. The van der Waals surface area contributed by atoms with Gasteiger partial charge in [-0.1, -0.05) is 37.1 Å². The maximum atomic E-state index is 13.0. The van der Waals surface area contributed by atoms with Crippen LogP contribution in [0.15, 0.2) is 36.5 Å². The Morgan fingerprint density at radius 2 is 1.93 bits per heavy atom. The first-order valence-corrected chi connectivity index (χ1v) is 10.5. The van der Waals surface area contributed by atoms with Crippen LogP contribution in [0.5, 0.6) is 0 Å². The van der Waals surface area contributed by atoms with Crippen LogP contribution in [-0.4, -0.2) is 55.8 Å². The fourth-order valence-electron chi connectivity index (χ4n) is 4.55. The van der Waals surface area contributed by atoms with Gasteiger partial charge in [-0.2, -0.15) is 5.10 Å². The van der Waals surface area contributed by atoms with E-state index in [-0.39, 0.29) is 24.8 Å². The van der Waals surface area contributed by atoms with Gasteiger partial charge in [0, 0.05) is 32.8 Å². The van der Waals surface area contributed by atoms with E-state index in [2.05, 4.69) is 10.4 Å². The fraction of sp³-hybridized carbons (Fsp3) is 0.500. The number of nitrogens with zero attached hydrogens (tertiary/aromatic N) is 3. The molecule has 1 aromatic heterocycles. The molecule has 30 heavy (non-hydrogen) atoms. The zero-order chi connectivity index (χ0) is 21.3. The van der Waals surface area contributed by atoms with Crippen molar-refractivity contribution in [3.63, 3.8) is 0 Å². The summed E-state index contributed by atoms with van der Waals surface area (Å²) in [4.78, 5) is 27.3. The predicted octanol–water partition coefficient (Wildman–Crippen LogP) is 0.937. The molecule has 2 aromatic rings. The van der Waals surface area contributed by atoms with Gasteiger partial charge in [0.1, 0.15) is 6.04 Å². The molecular weight excluding hydrogens is 382 g/mol. The van der Waals surface area contributed by atoms with Gasteiger partial charge in [-0.25, -0.2) is 0 Å². The standard InChI is InChI=1S/C22H29N5O3/c1-26-18(8-11-25-26)16-6-4-15(5-7-16)13-24-20(29)19-12-17(28)14-27(19)21(30)22(23)9-2-3-10-22/h4-8,11,17,19,28H,2-3,9-10,12-14,23H2,1H3,(H,24,29). The van der Waals surface area contributed by atoms with Crippen LogP contribution in [0.3, 0.4) is 0 Å². The largest absolute Gasteiger partial charge is 0.391 e. The lowest BCUT2D eigenvalue weighted by Crippen LogP contribution is -2.57. The number of carbonyl (C=O) groups is 2. The number of rotatable bonds is 5. The fourth-order valence-corrected chi connectivity index (χ4v) is 4.55. The van der Waals surface area contributed by atoms with E-state index in [4.69, 9.17) is 5.73 Å². The third-order valence-corrected chi connectivity index (χ3v) is 6.30. The Labute approximate surface area is 176 Å². The van der Waals surface area contributed by atoms with Gasteiger partial charge in [0.2, 0.25) is 11.8 Å². The van der Waals surface area contributed by atoms with Crippen molar-refractivity contribution in [2.24, 2.45) is 12.8 Å². The molecule has 1 aliphatic heterocycles. The second-order valence-electron chi connectivity index (χ2n) is 8.48. The van der Waals surface area contributed by atoms with Crippen LogP contribution in [0, 0.1) is 0 Å². The van der Waals surface area contributed by atoms with Gasteiger partial charge < -0.3 is 21.1 Å². The van der Waals surface area contributed by atoms with E-state index >= 15 is 0 Å². The highest BCUT2D eigenvalue weighted by atomic mass is 16.3. The second kappa shape index (κ2) is 8.20. The van der Waals surface area contributed by atoms with Crippen molar-refractivity contribution in [3.8, 4) is 11.3 Å². The van der Waals surface area contributed by atoms with Gasteiger partial charge in [-0.15, -0.1) is 0 Å². The number of benzene rings is 1. The predicted molar refractivity (Wildman–Crippen MR) is 112 cm³/mol. The Morgan fingerprint density at radius 1 is 1.23 bits per heavy atom. The summed E-state index contributed by atoms with van der Waals surface area (Å²) in [7, 11) is 1.89. The van der Waals surface area contributed by atoms with Crippen molar-refractivity contribution in [2.75, 3.05) is 6.54 Å². The van der Waals surface area contributed by atoms with E-state index < -0.39 is 17.7 Å². The Kier molecular flexibility index (Phi) is 5.62. The summed E-state index contributed by atoms with van der Waals surface area (Å²) < 4.78 is 1.81. The number of aliphatic hydroxyl groups is 1. The van der Waals surface area contributed by atoms with Crippen LogP contribution >= 0.6 is 0 Å². The van der Waals surface area contributed by atoms with E-state index in [1.165, 1.54) is 4.90 Å². The maximum absolute atomic E-state index is 13.0. The monoisotopic (exact) mass is 411 g/mol. The molecular formula is C22H29N5O3. The highest BCUT2D eigenvalue weighted by Gasteiger charge is 2.46. The summed E-state index contributed by atoms with van der Waals surface area (Å²) in [5, 5.41) is 17.2. The molecule has 1 aliphatic carbocycles. The van der Waals surface area contributed by atoms with Crippen LogP contribution < -0.4 is 11.1 Å². The number of nitrogens with one attached hydrogen (secondary N) is 1. The SMILES string of the molecule is Cn1nccc1-c1ccc(CNC(=O)C2CC(O)CN2C(=O)C2(N)CCCC2)cc1. The minimum atomic E-state index is -0.899. The first-order chi connectivity index (χ1) is 14.4. The van der Waals surface area contributed by atoms with E-state index in [0.29, 0.717) is 19.4 Å². The number of likely N-dealkylation sites (tertiary alicyclic amines) is 1. The van der Waals surface area contributed by atoms with Gasteiger partial charge in [0.05, 0.1) is 17.3 Å². The van der Waals surface area contributed by atoms with E-state index in [1.807, 2.05) is 42.1 Å². The molecule has 2 fully saturated rings. The molecule has 1 saturated carbocycles. The zero-order valence-corrected chi connectivity index (χ0v) is 17.3. The number of aryl methyl sites for hydroxylation is 1. The third-order valence-electron chi connectivity index (χ3n) is 6.30. The number of carbonyl (C=O) groups excluding carboxylic acids is 2. The molecule has 2 unspecified atom stereocenters. The van der Waals surface area contributed by atoms with E-state index in [0.717, 1.165) is 29.7 Å². The minimum absolute atomic E-state index is 0.162. The van der Waals surface area contributed by atoms with E-state index in [1.54, 1.807) is 6.20 Å². The summed E-state index contributed by atoms with van der Waals surface area (Å²) in [5.41, 5.74) is 8.43. The lowest BCUT2D eigenvalue weighted by Gasteiger charge is -2.32. The number of amides is 2. The average Bonchev–Trinajstić information content (AvgIpc) is 3.46. The first-order valence-electron chi connectivity index (χ1n) is 10.5. The number of nitrogens with two attached hydrogens (primary N) is 1. The van der Waals surface area contributed by atoms with Crippen molar-refractivity contribution in [1.82, 2.24) is 20.0 Å². The minimum Gasteiger partial charge on any atom is -0.391 e. The normalized spacial score (nSPS) is 23.0. The van der Waals surface area contributed by atoms with Gasteiger partial charge in [-0.3, -0.25) is 14.3 Å². The molecule has 8 heteroatoms. The summed E-state index contributed by atoms with van der Waals surface area (Å²) in [6, 6.07) is 9.17. The van der Waals surface area contributed by atoms with Crippen LogP contribution in [0.4, 0.5) is 0 Å². The highest BCUT2D eigenvalue weighted by Crippen LogP contribution is 2.32. The molecule has 160 valence electrons. The van der Waals surface area contributed by atoms with Crippen LogP contribution in [0.1, 0.15) is 37.7 Å². The molecule has 4 rings (SSSR count). The van der Waals surface area contributed by atoms with Crippen LogP contribution in [0.2, 0.25) is 0 Å². The summed E-state index contributed by atoms with van der Waals surface area (Å²) in [6.07, 6.45) is 4.41. The molecule has 8 nitrogen and oxygen atoms in total. The average molecular weight is 412 g/mol. The number of β-amino-alcohol motifs (C(OH)–C–C–N with tert-alkyl or cyclic N) is 1. The van der Waals surface area contributed by atoms with Crippen molar-refractivity contribution >= 4 is 11.8 Å². The lowest BCUT2D eigenvalue weighted by atomic mass is 9.96. The van der Waals surface area contributed by atoms with Crippen molar-refractivity contribution < 1.29 is 14.7 Å². The third kappa shape index (κ3) is 3.97. The highest BCUT2D eigenvalue weighted by molar-refractivity contribution is 5.92. The molecule has 2 aliphatic rings. The summed E-state index contributed by atoms with van der Waals surface area (Å²) in [5.74, 6) is -0.463. The van der Waals surface area contributed by atoms with Gasteiger partial charge >= 0.3 is 0 Å². The molecule has 2 atom stereocenters. The van der Waals surface area contributed by atoms with Crippen LogP contribution in [0.25, 0.3) is 11.3 Å². The Hall–Kier alpha value is -2.71. The lowest BCUT2D eigenvalue weighted by molar-refractivity contribution is -0.142. The Balaban J connectivity index is 1.39. The van der Waals surface area contributed by atoms with Crippen molar-refractivity contribution in [2.45, 2.75) is 56.3 Å². The van der Waals surface area contributed by atoms with Gasteiger partial charge in [0.25, 0.3) is 0 Å². The van der Waals surface area contributed by atoms with Crippen LogP contribution in [-0.2, 0) is 23.2 Å². The molecule has 4 N–H and O–H groups in total. The summed E-state index contributed by atoms with van der Waals surface area (Å²) >= 11 is 0. The molecule has 2 heterocycles. The molecule has 0 bridgehead atoms. The van der Waals surface area contributed by atoms with E-state index in [9.17, 15) is 14.7 Å². The quantitative estimate of drug-likeness (QED) is 0.678. The smallest absolute Gasteiger partial charge is 0.243 e. The van der Waals surface area contributed by atoms with Crippen molar-refractivity contribution in [1.29, 1.82) is 0 Å². The zero-order valence-electron chi connectivity index (χ0n) is 17.3. The Bertz CT molecular complexity index is 917. The van der Waals surface area contributed by atoms with Gasteiger partial charge in [-0.05, 0) is 30.0 Å². The van der Waals surface area contributed by atoms with Gasteiger partial charge in [0.15, 0.2) is 0 Å². The maximum Gasteiger partial charge on any atom is 0.243 e. The molecule has 2 amide bonds. The number of aromatic nitrogens is 2.